The van der Waals surface area contributed by atoms with E-state index >= 15 is 0 Å². The molecule has 2 heterocycles. The van der Waals surface area contributed by atoms with E-state index in [9.17, 15) is 0 Å². The molecule has 1 atom stereocenters. The molecule has 1 fully saturated rings. The van der Waals surface area contributed by atoms with E-state index in [0.29, 0.717) is 12.0 Å². The summed E-state index contributed by atoms with van der Waals surface area (Å²) in [6, 6.07) is 2.58. The van der Waals surface area contributed by atoms with Crippen LogP contribution < -0.4 is 10.6 Å². The van der Waals surface area contributed by atoms with Crippen LogP contribution in [-0.2, 0) is 0 Å². The first-order valence-corrected chi connectivity index (χ1v) is 7.35. The minimum absolute atomic E-state index is 0.487. The zero-order valence-corrected chi connectivity index (χ0v) is 11.5. The van der Waals surface area contributed by atoms with Crippen molar-refractivity contribution in [1.29, 1.82) is 0 Å². The molecular formula is C13H18N4S. The van der Waals surface area contributed by atoms with Gasteiger partial charge in [0.05, 0.1) is 5.39 Å². The Hall–Kier alpha value is -1.36. The van der Waals surface area contributed by atoms with Crippen molar-refractivity contribution < 1.29 is 0 Å². The number of rotatable bonds is 4. The largest absolute Gasteiger partial charge is 0.367 e. The van der Waals surface area contributed by atoms with Gasteiger partial charge in [0, 0.05) is 13.1 Å². The van der Waals surface area contributed by atoms with E-state index in [1.54, 1.807) is 11.3 Å². The van der Waals surface area contributed by atoms with Crippen LogP contribution in [0.2, 0.25) is 0 Å². The highest BCUT2D eigenvalue weighted by atomic mass is 32.1. The summed E-state index contributed by atoms with van der Waals surface area (Å²) in [6.45, 7) is 2.25. The predicted octanol–water partition coefficient (Wildman–Crippen LogP) is 3.33. The van der Waals surface area contributed by atoms with Crippen LogP contribution in [0.3, 0.4) is 0 Å². The van der Waals surface area contributed by atoms with Gasteiger partial charge in [-0.05, 0) is 37.1 Å². The lowest BCUT2D eigenvalue weighted by Crippen LogP contribution is -2.31. The number of thiophene rings is 1. The highest BCUT2D eigenvalue weighted by Crippen LogP contribution is 2.33. The van der Waals surface area contributed by atoms with Crippen LogP contribution in [0, 0.1) is 5.92 Å². The van der Waals surface area contributed by atoms with Gasteiger partial charge in [0.25, 0.3) is 0 Å². The molecule has 0 aromatic carbocycles. The summed E-state index contributed by atoms with van der Waals surface area (Å²) in [5, 5.41) is 9.78. The zero-order valence-electron chi connectivity index (χ0n) is 10.7. The standard InChI is InChI=1S/C13H18N4S/c1-8(9-4-3-5-9)15-11-10-6-7-18-12(10)17-13(14-2)16-11/h6-9H,3-5H2,1-2H3,(H2,14,15,16,17). The fourth-order valence-corrected chi connectivity index (χ4v) is 3.11. The van der Waals surface area contributed by atoms with E-state index in [2.05, 4.69) is 39.0 Å². The minimum Gasteiger partial charge on any atom is -0.367 e. The molecule has 0 spiro atoms. The maximum absolute atomic E-state index is 4.55. The summed E-state index contributed by atoms with van der Waals surface area (Å²) in [4.78, 5) is 10.0. The molecule has 0 aliphatic heterocycles. The molecule has 0 amide bonds. The Bertz CT molecular complexity index is 547. The first-order valence-electron chi connectivity index (χ1n) is 6.47. The van der Waals surface area contributed by atoms with Gasteiger partial charge in [-0.2, -0.15) is 4.98 Å². The zero-order chi connectivity index (χ0) is 12.5. The summed E-state index contributed by atoms with van der Waals surface area (Å²) in [7, 11) is 1.86. The number of hydrogen-bond donors (Lipinski definition) is 2. The number of aromatic nitrogens is 2. The molecule has 1 saturated carbocycles. The van der Waals surface area contributed by atoms with Gasteiger partial charge in [0.2, 0.25) is 5.95 Å². The molecule has 0 bridgehead atoms. The van der Waals surface area contributed by atoms with Crippen molar-refractivity contribution in [3.05, 3.63) is 11.4 Å². The van der Waals surface area contributed by atoms with Crippen molar-refractivity contribution in [2.75, 3.05) is 17.7 Å². The lowest BCUT2D eigenvalue weighted by molar-refractivity contribution is 0.285. The molecule has 0 radical (unpaired) electrons. The van der Waals surface area contributed by atoms with Crippen LogP contribution >= 0.6 is 11.3 Å². The van der Waals surface area contributed by atoms with Gasteiger partial charge in [0.1, 0.15) is 10.6 Å². The maximum atomic E-state index is 4.55. The lowest BCUT2D eigenvalue weighted by atomic mass is 9.80. The predicted molar refractivity (Wildman–Crippen MR) is 77.4 cm³/mol. The average molecular weight is 262 g/mol. The average Bonchev–Trinajstić information content (AvgIpc) is 2.74. The molecular weight excluding hydrogens is 244 g/mol. The van der Waals surface area contributed by atoms with Crippen LogP contribution in [0.25, 0.3) is 10.2 Å². The Morgan fingerprint density at radius 1 is 1.39 bits per heavy atom. The van der Waals surface area contributed by atoms with Crippen molar-refractivity contribution in [1.82, 2.24) is 9.97 Å². The Kier molecular flexibility index (Phi) is 3.07. The Balaban J connectivity index is 1.91. The fourth-order valence-electron chi connectivity index (χ4n) is 2.35. The van der Waals surface area contributed by atoms with Crippen molar-refractivity contribution in [3.8, 4) is 0 Å². The van der Waals surface area contributed by atoms with Crippen LogP contribution in [0.4, 0.5) is 11.8 Å². The van der Waals surface area contributed by atoms with Gasteiger partial charge in [-0.1, -0.05) is 6.42 Å². The number of nitrogens with one attached hydrogen (secondary N) is 2. The molecule has 2 N–H and O–H groups in total. The molecule has 96 valence electrons. The van der Waals surface area contributed by atoms with Crippen molar-refractivity contribution in [2.45, 2.75) is 32.2 Å². The van der Waals surface area contributed by atoms with Crippen molar-refractivity contribution in [3.63, 3.8) is 0 Å². The van der Waals surface area contributed by atoms with E-state index in [4.69, 9.17) is 0 Å². The van der Waals surface area contributed by atoms with E-state index in [-0.39, 0.29) is 0 Å². The number of anilines is 2. The topological polar surface area (TPSA) is 49.8 Å². The van der Waals surface area contributed by atoms with Crippen LogP contribution in [0.5, 0.6) is 0 Å². The van der Waals surface area contributed by atoms with Crippen LogP contribution in [0.15, 0.2) is 11.4 Å². The maximum Gasteiger partial charge on any atom is 0.225 e. The van der Waals surface area contributed by atoms with Gasteiger partial charge >= 0.3 is 0 Å². The molecule has 0 saturated heterocycles. The van der Waals surface area contributed by atoms with Gasteiger partial charge in [-0.25, -0.2) is 4.98 Å². The van der Waals surface area contributed by atoms with E-state index in [0.717, 1.165) is 22.0 Å². The van der Waals surface area contributed by atoms with Gasteiger partial charge < -0.3 is 10.6 Å². The highest BCUT2D eigenvalue weighted by molar-refractivity contribution is 7.16. The molecule has 1 aliphatic rings. The first-order chi connectivity index (χ1) is 8.78. The molecule has 4 nitrogen and oxygen atoms in total. The van der Waals surface area contributed by atoms with E-state index in [1.165, 1.54) is 19.3 Å². The SMILES string of the molecule is CNc1nc(NC(C)C2CCC2)c2ccsc2n1. The van der Waals surface area contributed by atoms with Gasteiger partial charge in [-0.3, -0.25) is 0 Å². The number of fused-ring (bicyclic) bond motifs is 1. The monoisotopic (exact) mass is 262 g/mol. The summed E-state index contributed by atoms with van der Waals surface area (Å²) in [6.07, 6.45) is 4.05. The van der Waals surface area contributed by atoms with Gasteiger partial charge in [0.15, 0.2) is 0 Å². The summed E-state index contributed by atoms with van der Waals surface area (Å²) in [5.41, 5.74) is 0. The van der Waals surface area contributed by atoms with Gasteiger partial charge in [-0.15, -0.1) is 11.3 Å². The smallest absolute Gasteiger partial charge is 0.225 e. The van der Waals surface area contributed by atoms with E-state index < -0.39 is 0 Å². The molecule has 3 rings (SSSR count). The summed E-state index contributed by atoms with van der Waals surface area (Å²) >= 11 is 1.66. The van der Waals surface area contributed by atoms with Crippen molar-refractivity contribution >= 4 is 33.3 Å². The highest BCUT2D eigenvalue weighted by Gasteiger charge is 2.24. The van der Waals surface area contributed by atoms with E-state index in [1.807, 2.05) is 7.05 Å². The lowest BCUT2D eigenvalue weighted by Gasteiger charge is -2.32. The summed E-state index contributed by atoms with van der Waals surface area (Å²) in [5.74, 6) is 2.45. The van der Waals surface area contributed by atoms with Crippen LogP contribution in [0.1, 0.15) is 26.2 Å². The molecule has 1 unspecified atom stereocenters. The third kappa shape index (κ3) is 2.03. The minimum atomic E-state index is 0.487. The second-order valence-corrected chi connectivity index (χ2v) is 5.80. The molecule has 1 aliphatic carbocycles. The Labute approximate surface area is 111 Å². The molecule has 2 aromatic rings. The normalized spacial score (nSPS) is 17.4. The van der Waals surface area contributed by atoms with Crippen LogP contribution in [-0.4, -0.2) is 23.1 Å². The van der Waals surface area contributed by atoms with Crippen molar-refractivity contribution in [2.24, 2.45) is 5.92 Å². The molecule has 2 aromatic heterocycles. The summed E-state index contributed by atoms with van der Waals surface area (Å²) < 4.78 is 0. The Morgan fingerprint density at radius 3 is 2.89 bits per heavy atom. The fraction of sp³-hybridized carbons (Fsp3) is 0.538. The second kappa shape index (κ2) is 4.72. The molecule has 18 heavy (non-hydrogen) atoms. The quantitative estimate of drug-likeness (QED) is 0.887. The Morgan fingerprint density at radius 2 is 2.22 bits per heavy atom. The molecule has 5 heteroatoms. The third-order valence-electron chi connectivity index (χ3n) is 3.77. The second-order valence-electron chi connectivity index (χ2n) is 4.91. The first kappa shape index (κ1) is 11.7. The number of hydrogen-bond acceptors (Lipinski definition) is 5. The third-order valence-corrected chi connectivity index (χ3v) is 4.58. The number of nitrogens with zero attached hydrogens (tertiary/aromatic N) is 2.